The van der Waals surface area contributed by atoms with Gasteiger partial charge in [-0.2, -0.15) is 0 Å². The number of ether oxygens (including phenoxy) is 3. The van der Waals surface area contributed by atoms with Crippen molar-refractivity contribution in [3.8, 4) is 0 Å². The molecule has 0 aliphatic carbocycles. The summed E-state index contributed by atoms with van der Waals surface area (Å²) in [6.45, 7) is 8.25. The first-order valence-corrected chi connectivity index (χ1v) is 10.3. The second-order valence-corrected chi connectivity index (χ2v) is 8.08. The molecule has 0 saturated heterocycles. The van der Waals surface area contributed by atoms with Gasteiger partial charge in [0, 0.05) is 39.5 Å². The first kappa shape index (κ1) is 24.2. The molecule has 0 fully saturated rings. The summed E-state index contributed by atoms with van der Waals surface area (Å²) in [7, 11) is 1.91. The van der Waals surface area contributed by atoms with Gasteiger partial charge in [0.2, 0.25) is 5.91 Å². The fourth-order valence-electron chi connectivity index (χ4n) is 1.84. The molecule has 0 aromatic carbocycles. The predicted molar refractivity (Wildman–Crippen MR) is 96.5 cm³/mol. The maximum atomic E-state index is 11.6. The molecule has 0 aromatic rings. The van der Waals surface area contributed by atoms with Gasteiger partial charge in [0.1, 0.15) is 0 Å². The Morgan fingerprint density at radius 1 is 0.880 bits per heavy atom. The summed E-state index contributed by atoms with van der Waals surface area (Å²) in [5.74, 6) is -0.159. The van der Waals surface area contributed by atoms with Crippen molar-refractivity contribution >= 4 is 14.7 Å². The van der Waals surface area contributed by atoms with Gasteiger partial charge in [-0.05, 0) is 13.3 Å². The van der Waals surface area contributed by atoms with Crippen LogP contribution >= 0.6 is 0 Å². The van der Waals surface area contributed by atoms with Crippen LogP contribution in [0.4, 0.5) is 0 Å². The van der Waals surface area contributed by atoms with Crippen molar-refractivity contribution in [1.29, 1.82) is 0 Å². The number of hydrogen-bond donors (Lipinski definition) is 1. The maximum Gasteiger partial charge on any atom is 0.501 e. The molecule has 25 heavy (non-hydrogen) atoms. The smallest absolute Gasteiger partial charge is 0.382 e. The summed E-state index contributed by atoms with van der Waals surface area (Å²) in [5, 5.41) is 2.80. The second-order valence-electron chi connectivity index (χ2n) is 5.35. The zero-order valence-electron chi connectivity index (χ0n) is 15.9. The molecule has 0 aromatic heterocycles. The van der Waals surface area contributed by atoms with Crippen LogP contribution < -0.4 is 5.32 Å². The van der Waals surface area contributed by atoms with Crippen LogP contribution in [0.25, 0.3) is 0 Å². The van der Waals surface area contributed by atoms with Crippen LogP contribution in [0.15, 0.2) is 12.2 Å². The molecule has 0 atom stereocenters. The molecule has 1 N–H and O–H groups in total. The topological polar surface area (TPSA) is 84.5 Å². The van der Waals surface area contributed by atoms with Crippen molar-refractivity contribution in [2.75, 3.05) is 67.5 Å². The van der Waals surface area contributed by atoms with Gasteiger partial charge in [-0.3, -0.25) is 4.79 Å². The van der Waals surface area contributed by atoms with Crippen molar-refractivity contribution in [3.63, 3.8) is 0 Å². The highest BCUT2D eigenvalue weighted by atomic mass is 28.4. The summed E-state index contributed by atoms with van der Waals surface area (Å²) in [4.78, 5) is 11.6. The summed E-state index contributed by atoms with van der Waals surface area (Å²) < 4.78 is 33.0. The highest BCUT2D eigenvalue weighted by Gasteiger charge is 2.40. The Hall–Kier alpha value is -0.813. The molecule has 0 heterocycles. The lowest BCUT2D eigenvalue weighted by molar-refractivity contribution is -0.117. The average molecular weight is 380 g/mol. The molecular weight excluding hydrogens is 346 g/mol. The molecule has 148 valence electrons. The zero-order chi connectivity index (χ0) is 19.0. The van der Waals surface area contributed by atoms with Gasteiger partial charge in [-0.25, -0.2) is 0 Å². The first-order chi connectivity index (χ1) is 12.0. The Balaban J connectivity index is 4.68. The minimum Gasteiger partial charge on any atom is -0.382 e. The van der Waals surface area contributed by atoms with Crippen LogP contribution in [-0.2, 0) is 32.3 Å². The summed E-state index contributed by atoms with van der Waals surface area (Å²) in [6.07, 6.45) is 0.665. The molecule has 0 aliphatic heterocycles. The Morgan fingerprint density at radius 2 is 1.32 bits per heavy atom. The van der Waals surface area contributed by atoms with Crippen molar-refractivity contribution in [2.24, 2.45) is 0 Å². The summed E-state index contributed by atoms with van der Waals surface area (Å²) in [6, 6.07) is 0.570. The maximum absolute atomic E-state index is 11.6. The van der Waals surface area contributed by atoms with Gasteiger partial charge in [-0.15, -0.1) is 0 Å². The lowest BCUT2D eigenvalue weighted by Crippen LogP contribution is -2.48. The van der Waals surface area contributed by atoms with Crippen molar-refractivity contribution in [3.05, 3.63) is 12.2 Å². The quantitative estimate of drug-likeness (QED) is 0.229. The van der Waals surface area contributed by atoms with E-state index in [9.17, 15) is 4.79 Å². The van der Waals surface area contributed by atoms with Crippen molar-refractivity contribution in [1.82, 2.24) is 5.32 Å². The van der Waals surface area contributed by atoms with E-state index in [0.717, 1.165) is 0 Å². The van der Waals surface area contributed by atoms with E-state index in [1.807, 2.05) is 0 Å². The molecule has 0 saturated carbocycles. The van der Waals surface area contributed by atoms with E-state index >= 15 is 0 Å². The fraction of sp³-hybridized carbons (Fsp3) is 0.812. The minimum atomic E-state index is -2.92. The Kier molecular flexibility index (Phi) is 14.9. The number of carbonyl (C=O) groups is 1. The van der Waals surface area contributed by atoms with Crippen LogP contribution in [0.3, 0.4) is 0 Å². The van der Waals surface area contributed by atoms with Gasteiger partial charge in [0.25, 0.3) is 0 Å². The molecule has 8 nitrogen and oxygen atoms in total. The number of carbonyl (C=O) groups excluding carboxylic acids is 1. The van der Waals surface area contributed by atoms with Gasteiger partial charge in [-0.1, -0.05) is 6.58 Å². The largest absolute Gasteiger partial charge is 0.501 e. The van der Waals surface area contributed by atoms with Crippen LogP contribution in [0.1, 0.15) is 13.3 Å². The average Bonchev–Trinajstić information content (AvgIpc) is 2.59. The highest BCUT2D eigenvalue weighted by Crippen LogP contribution is 2.18. The third kappa shape index (κ3) is 12.2. The summed E-state index contributed by atoms with van der Waals surface area (Å²) in [5.41, 5.74) is 0.479. The zero-order valence-corrected chi connectivity index (χ0v) is 16.9. The summed E-state index contributed by atoms with van der Waals surface area (Å²) >= 11 is 0. The van der Waals surface area contributed by atoms with Gasteiger partial charge in [0.15, 0.2) is 0 Å². The Morgan fingerprint density at radius 3 is 1.68 bits per heavy atom. The number of methoxy groups -OCH3 is 3. The van der Waals surface area contributed by atoms with E-state index in [-0.39, 0.29) is 5.91 Å². The number of hydrogen-bond acceptors (Lipinski definition) is 7. The van der Waals surface area contributed by atoms with E-state index in [4.69, 9.17) is 27.5 Å². The van der Waals surface area contributed by atoms with Crippen LogP contribution in [-0.4, -0.2) is 82.2 Å². The molecule has 0 spiro atoms. The van der Waals surface area contributed by atoms with Crippen LogP contribution in [0.2, 0.25) is 6.04 Å². The molecular formula is C16H33NO7Si. The van der Waals surface area contributed by atoms with Gasteiger partial charge >= 0.3 is 8.80 Å². The lowest BCUT2D eigenvalue weighted by Gasteiger charge is -2.29. The second kappa shape index (κ2) is 15.4. The number of nitrogens with one attached hydrogen (secondary N) is 1. The van der Waals surface area contributed by atoms with Crippen molar-refractivity contribution < 1.29 is 32.3 Å². The van der Waals surface area contributed by atoms with E-state index < -0.39 is 8.80 Å². The van der Waals surface area contributed by atoms with Crippen LogP contribution in [0.5, 0.6) is 0 Å². The van der Waals surface area contributed by atoms with E-state index in [2.05, 4.69) is 11.9 Å². The monoisotopic (exact) mass is 379 g/mol. The third-order valence-electron chi connectivity index (χ3n) is 3.16. The molecule has 1 amide bonds. The number of rotatable bonds is 17. The molecule has 0 rings (SSSR count). The standard InChI is InChI=1S/C16H33NO7Si/c1-15(2)16(18)17-7-6-14-25(22-11-8-19-3,23-12-9-20-4)24-13-10-21-5/h1,6-14H2,2-5H3,(H,17,18). The number of amides is 1. The van der Waals surface area contributed by atoms with E-state index in [0.29, 0.717) is 64.2 Å². The van der Waals surface area contributed by atoms with Gasteiger partial charge < -0.3 is 32.8 Å². The van der Waals surface area contributed by atoms with Crippen LogP contribution in [0, 0.1) is 0 Å². The van der Waals surface area contributed by atoms with Crippen molar-refractivity contribution in [2.45, 2.75) is 19.4 Å². The molecule has 0 unspecified atom stereocenters. The Bertz CT molecular complexity index is 342. The minimum absolute atomic E-state index is 0.159. The highest BCUT2D eigenvalue weighted by molar-refractivity contribution is 6.60. The van der Waals surface area contributed by atoms with E-state index in [1.165, 1.54) is 0 Å². The Labute approximate surface area is 152 Å². The lowest BCUT2D eigenvalue weighted by atomic mass is 10.3. The SMILES string of the molecule is C=C(C)C(=O)NCCC[Si](OCCOC)(OCCOC)OCCOC. The normalized spacial score (nSPS) is 11.5. The van der Waals surface area contributed by atoms with E-state index in [1.54, 1.807) is 28.3 Å². The molecule has 9 heteroatoms. The third-order valence-corrected chi connectivity index (χ3v) is 6.06. The molecule has 0 radical (unpaired) electrons. The molecule has 0 aliphatic rings. The first-order valence-electron chi connectivity index (χ1n) is 8.33. The fourth-order valence-corrected chi connectivity index (χ4v) is 4.32. The molecule has 0 bridgehead atoms. The predicted octanol–water partition coefficient (Wildman–Crippen LogP) is 0.997. The van der Waals surface area contributed by atoms with Gasteiger partial charge in [0.05, 0.1) is 39.6 Å².